The molecule has 1 aliphatic rings. The van der Waals surface area contributed by atoms with Crippen molar-refractivity contribution in [1.29, 1.82) is 0 Å². The minimum Gasteiger partial charge on any atom is -0.465 e. The molecule has 0 saturated carbocycles. The van der Waals surface area contributed by atoms with E-state index in [9.17, 15) is 13.6 Å². The summed E-state index contributed by atoms with van der Waals surface area (Å²) in [5, 5.41) is 6.36. The maximum absolute atomic E-state index is 12.5. The van der Waals surface area contributed by atoms with Crippen LogP contribution in [0.4, 0.5) is 8.78 Å². The van der Waals surface area contributed by atoms with Crippen molar-refractivity contribution in [2.75, 3.05) is 19.6 Å². The Morgan fingerprint density at radius 1 is 1.36 bits per heavy atom. The lowest BCUT2D eigenvalue weighted by molar-refractivity contribution is 0.0559. The number of amides is 1. The fourth-order valence-corrected chi connectivity index (χ4v) is 3.03. The van der Waals surface area contributed by atoms with Gasteiger partial charge in [-0.05, 0) is 57.0 Å². The van der Waals surface area contributed by atoms with Crippen molar-refractivity contribution in [1.82, 2.24) is 20.0 Å². The highest BCUT2D eigenvalue weighted by atomic mass is 19.3. The molecule has 1 fully saturated rings. The molecule has 8 heteroatoms. The van der Waals surface area contributed by atoms with Gasteiger partial charge in [0.25, 0.3) is 5.91 Å². The number of nitrogens with one attached hydrogen (secondary N) is 1. The molecule has 0 radical (unpaired) electrons. The van der Waals surface area contributed by atoms with E-state index in [0.717, 1.165) is 50.2 Å². The number of rotatable bonds is 6. The standard InChI is InChI=1S/C17H22F2N4O2/c1-12-2-3-14(25-12)11-22-7-4-13(5-8-22)10-20-16(24)15-6-9-23(21-15)17(18)19/h2-3,6,9,13,17H,4-5,7-8,10-11H2,1H3,(H,20,24). The number of hydrogen-bond acceptors (Lipinski definition) is 4. The van der Waals surface area contributed by atoms with Gasteiger partial charge in [0.2, 0.25) is 0 Å². The van der Waals surface area contributed by atoms with Gasteiger partial charge in [0.05, 0.1) is 6.54 Å². The van der Waals surface area contributed by atoms with Crippen LogP contribution in [-0.2, 0) is 6.54 Å². The molecule has 136 valence electrons. The van der Waals surface area contributed by atoms with Crippen LogP contribution in [0.25, 0.3) is 0 Å². The first-order valence-corrected chi connectivity index (χ1v) is 8.40. The van der Waals surface area contributed by atoms with Gasteiger partial charge in [0.1, 0.15) is 17.2 Å². The summed E-state index contributed by atoms with van der Waals surface area (Å²) in [5.41, 5.74) is 0.0194. The molecule has 25 heavy (non-hydrogen) atoms. The molecule has 6 nitrogen and oxygen atoms in total. The Morgan fingerprint density at radius 2 is 2.12 bits per heavy atom. The number of halogens is 2. The average Bonchev–Trinajstić information content (AvgIpc) is 3.23. The summed E-state index contributed by atoms with van der Waals surface area (Å²) in [7, 11) is 0. The largest absolute Gasteiger partial charge is 0.465 e. The van der Waals surface area contributed by atoms with E-state index >= 15 is 0 Å². The predicted molar refractivity (Wildman–Crippen MR) is 87.3 cm³/mol. The van der Waals surface area contributed by atoms with Crippen molar-refractivity contribution in [2.45, 2.75) is 32.9 Å². The van der Waals surface area contributed by atoms with Gasteiger partial charge in [0, 0.05) is 12.7 Å². The Bertz CT molecular complexity index is 705. The summed E-state index contributed by atoms with van der Waals surface area (Å²) in [6, 6.07) is 5.27. The second kappa shape index (κ2) is 7.77. The summed E-state index contributed by atoms with van der Waals surface area (Å²) in [6.07, 6.45) is 3.06. The second-order valence-electron chi connectivity index (χ2n) is 6.40. The average molecular weight is 352 g/mol. The Morgan fingerprint density at radius 3 is 2.72 bits per heavy atom. The number of alkyl halides is 2. The first-order valence-electron chi connectivity index (χ1n) is 8.40. The number of nitrogens with zero attached hydrogens (tertiary/aromatic N) is 3. The number of aromatic nitrogens is 2. The van der Waals surface area contributed by atoms with Crippen LogP contribution in [0, 0.1) is 12.8 Å². The molecule has 1 saturated heterocycles. The summed E-state index contributed by atoms with van der Waals surface area (Å²) in [4.78, 5) is 14.3. The summed E-state index contributed by atoms with van der Waals surface area (Å²) in [6.45, 7) is 2.43. The number of hydrogen-bond donors (Lipinski definition) is 1. The van der Waals surface area contributed by atoms with Crippen LogP contribution in [0.2, 0.25) is 0 Å². The Labute approximate surface area is 144 Å². The van der Waals surface area contributed by atoms with Gasteiger partial charge < -0.3 is 9.73 Å². The van der Waals surface area contributed by atoms with Crippen molar-refractivity contribution in [3.63, 3.8) is 0 Å². The van der Waals surface area contributed by atoms with Crippen LogP contribution in [0.3, 0.4) is 0 Å². The topological polar surface area (TPSA) is 63.3 Å². The molecule has 0 unspecified atom stereocenters. The van der Waals surface area contributed by atoms with Crippen molar-refractivity contribution in [2.24, 2.45) is 5.92 Å². The molecule has 2 aromatic heterocycles. The van der Waals surface area contributed by atoms with Crippen LogP contribution >= 0.6 is 0 Å². The van der Waals surface area contributed by atoms with Gasteiger partial charge in [-0.1, -0.05) is 0 Å². The maximum Gasteiger partial charge on any atom is 0.333 e. The highest BCUT2D eigenvalue weighted by Crippen LogP contribution is 2.19. The first-order chi connectivity index (χ1) is 12.0. The van der Waals surface area contributed by atoms with Crippen LogP contribution in [-0.4, -0.2) is 40.2 Å². The minimum absolute atomic E-state index is 0.0194. The fourth-order valence-electron chi connectivity index (χ4n) is 3.03. The quantitative estimate of drug-likeness (QED) is 0.868. The molecule has 0 spiro atoms. The molecular formula is C17H22F2N4O2. The summed E-state index contributed by atoms with van der Waals surface area (Å²) < 4.78 is 31.0. The zero-order chi connectivity index (χ0) is 17.8. The molecule has 0 atom stereocenters. The number of likely N-dealkylation sites (tertiary alicyclic amines) is 1. The molecule has 1 N–H and O–H groups in total. The van der Waals surface area contributed by atoms with Crippen molar-refractivity contribution in [3.05, 3.63) is 41.6 Å². The summed E-state index contributed by atoms with van der Waals surface area (Å²) >= 11 is 0. The molecule has 1 aliphatic heterocycles. The zero-order valence-corrected chi connectivity index (χ0v) is 14.1. The van der Waals surface area contributed by atoms with E-state index in [0.29, 0.717) is 17.1 Å². The van der Waals surface area contributed by atoms with E-state index in [4.69, 9.17) is 4.42 Å². The van der Waals surface area contributed by atoms with Gasteiger partial charge in [-0.15, -0.1) is 0 Å². The van der Waals surface area contributed by atoms with Gasteiger partial charge in [-0.3, -0.25) is 9.69 Å². The van der Waals surface area contributed by atoms with Gasteiger partial charge in [-0.2, -0.15) is 13.9 Å². The number of aryl methyl sites for hydroxylation is 1. The predicted octanol–water partition coefficient (Wildman–Crippen LogP) is 2.82. The van der Waals surface area contributed by atoms with Gasteiger partial charge >= 0.3 is 6.55 Å². The third kappa shape index (κ3) is 4.66. The monoisotopic (exact) mass is 352 g/mol. The lowest BCUT2D eigenvalue weighted by atomic mass is 9.96. The number of piperidine rings is 1. The van der Waals surface area contributed by atoms with Crippen LogP contribution in [0.1, 0.15) is 41.4 Å². The van der Waals surface area contributed by atoms with Gasteiger partial charge in [0.15, 0.2) is 0 Å². The lowest BCUT2D eigenvalue weighted by Gasteiger charge is -2.31. The Hall–Kier alpha value is -2.22. The normalized spacial score (nSPS) is 16.5. The van der Waals surface area contributed by atoms with E-state index in [-0.39, 0.29) is 5.69 Å². The highest BCUT2D eigenvalue weighted by Gasteiger charge is 2.21. The van der Waals surface area contributed by atoms with Crippen LogP contribution in [0.15, 0.2) is 28.8 Å². The van der Waals surface area contributed by atoms with Crippen LogP contribution < -0.4 is 5.32 Å². The fraction of sp³-hybridized carbons (Fsp3) is 0.529. The molecule has 2 aromatic rings. The number of carbonyl (C=O) groups excluding carboxylic acids is 1. The van der Waals surface area contributed by atoms with E-state index in [1.807, 2.05) is 19.1 Å². The molecule has 0 aliphatic carbocycles. The zero-order valence-electron chi connectivity index (χ0n) is 14.1. The first kappa shape index (κ1) is 17.6. The van der Waals surface area contributed by atoms with Crippen molar-refractivity contribution < 1.29 is 18.0 Å². The summed E-state index contributed by atoms with van der Waals surface area (Å²) in [5.74, 6) is 1.87. The highest BCUT2D eigenvalue weighted by molar-refractivity contribution is 5.92. The van der Waals surface area contributed by atoms with E-state index in [1.54, 1.807) is 0 Å². The molecule has 1 amide bonds. The van der Waals surface area contributed by atoms with E-state index < -0.39 is 12.5 Å². The number of carbonyl (C=O) groups is 1. The van der Waals surface area contributed by atoms with Crippen molar-refractivity contribution >= 4 is 5.91 Å². The molecule has 3 heterocycles. The Balaban J connectivity index is 1.40. The second-order valence-corrected chi connectivity index (χ2v) is 6.40. The van der Waals surface area contributed by atoms with E-state index in [2.05, 4.69) is 15.3 Å². The smallest absolute Gasteiger partial charge is 0.333 e. The molecule has 3 rings (SSSR count). The maximum atomic E-state index is 12.5. The Kier molecular flexibility index (Phi) is 5.47. The molecular weight excluding hydrogens is 330 g/mol. The SMILES string of the molecule is Cc1ccc(CN2CCC(CNC(=O)c3ccn(C(F)F)n3)CC2)o1. The third-order valence-electron chi connectivity index (χ3n) is 4.47. The van der Waals surface area contributed by atoms with E-state index in [1.165, 1.54) is 6.07 Å². The minimum atomic E-state index is -2.73. The number of furan rings is 1. The van der Waals surface area contributed by atoms with Gasteiger partial charge in [-0.25, -0.2) is 4.68 Å². The molecule has 0 bridgehead atoms. The van der Waals surface area contributed by atoms with Crippen LogP contribution in [0.5, 0.6) is 0 Å². The third-order valence-corrected chi connectivity index (χ3v) is 4.47. The van der Waals surface area contributed by atoms with Crippen molar-refractivity contribution in [3.8, 4) is 0 Å². The molecule has 0 aromatic carbocycles. The lowest BCUT2D eigenvalue weighted by Crippen LogP contribution is -2.38.